The first-order valence-corrected chi connectivity index (χ1v) is 5.25. The van der Waals surface area contributed by atoms with Crippen molar-refractivity contribution in [3.63, 3.8) is 0 Å². The maximum Gasteiger partial charge on any atom is 0.157 e. The van der Waals surface area contributed by atoms with E-state index in [9.17, 15) is 0 Å². The predicted octanol–water partition coefficient (Wildman–Crippen LogP) is 1.85. The Labute approximate surface area is 89.9 Å². The lowest BCUT2D eigenvalue weighted by Crippen LogP contribution is -2.80. The fourth-order valence-electron chi connectivity index (χ4n) is 1.64. The lowest BCUT2D eigenvalue weighted by atomic mass is 10.1. The van der Waals surface area contributed by atoms with Crippen LogP contribution in [0.25, 0.3) is 0 Å². The summed E-state index contributed by atoms with van der Waals surface area (Å²) in [4.78, 5) is 0. The van der Waals surface area contributed by atoms with Crippen LogP contribution in [-0.2, 0) is 13.1 Å². The van der Waals surface area contributed by atoms with Crippen LogP contribution >= 0.6 is 0 Å². The van der Waals surface area contributed by atoms with E-state index >= 15 is 0 Å². The third-order valence-corrected chi connectivity index (χ3v) is 2.55. The fourth-order valence-corrected chi connectivity index (χ4v) is 1.64. The summed E-state index contributed by atoms with van der Waals surface area (Å²) in [5, 5.41) is 2.25. The topological polar surface area (TPSA) is 29.8 Å². The molecule has 0 atom stereocenters. The van der Waals surface area contributed by atoms with Crippen LogP contribution in [-0.4, -0.2) is 0 Å². The van der Waals surface area contributed by atoms with Crippen LogP contribution in [0.1, 0.15) is 16.9 Å². The molecule has 2 rings (SSSR count). The van der Waals surface area contributed by atoms with E-state index in [0.717, 1.165) is 18.8 Å². The molecule has 0 aliphatic carbocycles. The van der Waals surface area contributed by atoms with Gasteiger partial charge in [0.2, 0.25) is 0 Å². The van der Waals surface area contributed by atoms with Crippen LogP contribution in [0.5, 0.6) is 0 Å². The van der Waals surface area contributed by atoms with Gasteiger partial charge in [0, 0.05) is 5.56 Å². The molecule has 78 valence electrons. The van der Waals surface area contributed by atoms with Crippen molar-refractivity contribution in [3.05, 3.63) is 59.5 Å². The van der Waals surface area contributed by atoms with Gasteiger partial charge in [0.1, 0.15) is 13.1 Å². The van der Waals surface area contributed by atoms with Gasteiger partial charge in [-0.2, -0.15) is 0 Å². The Morgan fingerprint density at radius 3 is 2.67 bits per heavy atom. The third kappa shape index (κ3) is 2.70. The number of quaternary nitrogens is 1. The van der Waals surface area contributed by atoms with E-state index in [4.69, 9.17) is 4.42 Å². The zero-order valence-corrected chi connectivity index (χ0v) is 8.94. The number of aryl methyl sites for hydroxylation is 1. The number of hydrogen-bond donors (Lipinski definition) is 1. The maximum atomic E-state index is 5.27. The molecule has 0 aliphatic heterocycles. The quantitative estimate of drug-likeness (QED) is 0.805. The molecule has 0 aliphatic rings. The first-order chi connectivity index (χ1) is 7.36. The molecule has 15 heavy (non-hydrogen) atoms. The van der Waals surface area contributed by atoms with E-state index in [-0.39, 0.29) is 0 Å². The standard InChI is InChI=1S/C13H15NO/c1-11-5-2-3-6-12(11)9-14-10-13-7-4-8-15-13/h2-8,14H,9-10H2,1H3/p+1. The summed E-state index contributed by atoms with van der Waals surface area (Å²) in [5.74, 6) is 1.03. The summed E-state index contributed by atoms with van der Waals surface area (Å²) in [5.41, 5.74) is 2.75. The molecule has 1 aromatic heterocycles. The van der Waals surface area contributed by atoms with Gasteiger partial charge < -0.3 is 9.73 Å². The smallest absolute Gasteiger partial charge is 0.157 e. The first-order valence-electron chi connectivity index (χ1n) is 5.25. The van der Waals surface area contributed by atoms with Crippen molar-refractivity contribution < 1.29 is 9.73 Å². The van der Waals surface area contributed by atoms with E-state index in [1.807, 2.05) is 12.1 Å². The SMILES string of the molecule is Cc1ccccc1C[NH2+]Cc1ccco1. The summed E-state index contributed by atoms with van der Waals surface area (Å²) >= 11 is 0. The van der Waals surface area contributed by atoms with Crippen LogP contribution in [0.15, 0.2) is 47.1 Å². The minimum atomic E-state index is 0.904. The van der Waals surface area contributed by atoms with Crippen LogP contribution in [0.2, 0.25) is 0 Å². The Morgan fingerprint density at radius 2 is 1.93 bits per heavy atom. The molecule has 2 aromatic rings. The van der Waals surface area contributed by atoms with Gasteiger partial charge in [-0.05, 0) is 24.6 Å². The number of hydrogen-bond acceptors (Lipinski definition) is 1. The van der Waals surface area contributed by atoms with Gasteiger partial charge in [-0.1, -0.05) is 24.3 Å². The van der Waals surface area contributed by atoms with Crippen LogP contribution < -0.4 is 5.32 Å². The molecule has 2 heteroatoms. The second-order valence-corrected chi connectivity index (χ2v) is 3.70. The van der Waals surface area contributed by atoms with Gasteiger partial charge in [-0.15, -0.1) is 0 Å². The Balaban J connectivity index is 1.86. The molecular weight excluding hydrogens is 186 g/mol. The summed E-state index contributed by atoms with van der Waals surface area (Å²) in [6.07, 6.45) is 1.72. The van der Waals surface area contributed by atoms with E-state index < -0.39 is 0 Å². The highest BCUT2D eigenvalue weighted by Gasteiger charge is 2.00. The minimum Gasteiger partial charge on any atom is -0.463 e. The van der Waals surface area contributed by atoms with Crippen molar-refractivity contribution in [1.29, 1.82) is 0 Å². The molecule has 0 unspecified atom stereocenters. The van der Waals surface area contributed by atoms with Gasteiger partial charge in [0.25, 0.3) is 0 Å². The molecule has 1 aromatic carbocycles. The van der Waals surface area contributed by atoms with Crippen molar-refractivity contribution in [3.8, 4) is 0 Å². The number of furan rings is 1. The fraction of sp³-hybridized carbons (Fsp3) is 0.231. The predicted molar refractivity (Wildman–Crippen MR) is 59.2 cm³/mol. The Kier molecular flexibility index (Phi) is 3.20. The Bertz CT molecular complexity index is 406. The van der Waals surface area contributed by atoms with Crippen molar-refractivity contribution in [2.75, 3.05) is 0 Å². The monoisotopic (exact) mass is 202 g/mol. The lowest BCUT2D eigenvalue weighted by Gasteiger charge is -2.03. The summed E-state index contributed by atoms with van der Waals surface area (Å²) in [6, 6.07) is 12.4. The van der Waals surface area contributed by atoms with E-state index in [2.05, 4.69) is 36.5 Å². The molecule has 0 spiro atoms. The van der Waals surface area contributed by atoms with E-state index in [0.29, 0.717) is 0 Å². The van der Waals surface area contributed by atoms with E-state index in [1.165, 1.54) is 11.1 Å². The summed E-state index contributed by atoms with van der Waals surface area (Å²) in [7, 11) is 0. The molecule has 0 fully saturated rings. The third-order valence-electron chi connectivity index (χ3n) is 2.55. The van der Waals surface area contributed by atoms with Gasteiger partial charge in [0.05, 0.1) is 6.26 Å². The maximum absolute atomic E-state index is 5.27. The second-order valence-electron chi connectivity index (χ2n) is 3.70. The molecule has 0 amide bonds. The molecular formula is C13H16NO+. The number of nitrogens with two attached hydrogens (primary N) is 1. The van der Waals surface area contributed by atoms with Crippen molar-refractivity contribution in [2.24, 2.45) is 0 Å². The van der Waals surface area contributed by atoms with Crippen molar-refractivity contribution in [1.82, 2.24) is 0 Å². The minimum absolute atomic E-state index is 0.904. The molecule has 0 radical (unpaired) electrons. The zero-order chi connectivity index (χ0) is 10.5. The van der Waals surface area contributed by atoms with Crippen molar-refractivity contribution in [2.45, 2.75) is 20.0 Å². The average Bonchev–Trinajstić information content (AvgIpc) is 2.74. The molecule has 0 saturated heterocycles. The molecule has 2 N–H and O–H groups in total. The highest BCUT2D eigenvalue weighted by atomic mass is 16.3. The highest BCUT2D eigenvalue weighted by molar-refractivity contribution is 5.24. The molecule has 0 saturated carbocycles. The normalized spacial score (nSPS) is 10.5. The lowest BCUT2D eigenvalue weighted by molar-refractivity contribution is -0.688. The average molecular weight is 202 g/mol. The Hall–Kier alpha value is -1.54. The summed E-state index contributed by atoms with van der Waals surface area (Å²) in [6.45, 7) is 4.06. The van der Waals surface area contributed by atoms with Gasteiger partial charge in [-0.3, -0.25) is 0 Å². The van der Waals surface area contributed by atoms with E-state index in [1.54, 1.807) is 6.26 Å². The van der Waals surface area contributed by atoms with Crippen LogP contribution in [0, 0.1) is 6.92 Å². The van der Waals surface area contributed by atoms with Crippen LogP contribution in [0.3, 0.4) is 0 Å². The van der Waals surface area contributed by atoms with Gasteiger partial charge >= 0.3 is 0 Å². The van der Waals surface area contributed by atoms with Crippen molar-refractivity contribution >= 4 is 0 Å². The zero-order valence-electron chi connectivity index (χ0n) is 8.94. The van der Waals surface area contributed by atoms with Gasteiger partial charge in [-0.25, -0.2) is 0 Å². The highest BCUT2D eigenvalue weighted by Crippen LogP contribution is 2.04. The molecule has 0 bridgehead atoms. The number of rotatable bonds is 4. The number of benzene rings is 1. The summed E-state index contributed by atoms with van der Waals surface area (Å²) < 4.78 is 5.27. The molecule has 2 nitrogen and oxygen atoms in total. The Morgan fingerprint density at radius 1 is 1.07 bits per heavy atom. The molecule has 1 heterocycles. The second kappa shape index (κ2) is 4.80. The first kappa shape index (κ1) is 9.99. The van der Waals surface area contributed by atoms with Gasteiger partial charge in [0.15, 0.2) is 5.76 Å². The largest absolute Gasteiger partial charge is 0.463 e. The van der Waals surface area contributed by atoms with Crippen LogP contribution in [0.4, 0.5) is 0 Å².